The second-order valence-electron chi connectivity index (χ2n) is 10.2. The Morgan fingerprint density at radius 3 is 2.34 bits per heavy atom. The summed E-state index contributed by atoms with van der Waals surface area (Å²) in [6.07, 6.45) is 0.150. The molecule has 0 radical (unpaired) electrons. The van der Waals surface area contributed by atoms with Gasteiger partial charge in [0.1, 0.15) is 5.82 Å². The van der Waals surface area contributed by atoms with E-state index in [4.69, 9.17) is 32.7 Å². The molecule has 1 N–H and O–H groups in total. The number of likely N-dealkylation sites (tertiary alicyclic amines) is 1. The molecule has 2 unspecified atom stereocenters. The van der Waals surface area contributed by atoms with Crippen molar-refractivity contribution in [2.45, 2.75) is 44.2 Å². The van der Waals surface area contributed by atoms with Crippen LogP contribution in [-0.2, 0) is 12.0 Å². The summed E-state index contributed by atoms with van der Waals surface area (Å²) in [5, 5.41) is 3.20. The zero-order valence-electron chi connectivity index (χ0n) is 22.0. The van der Waals surface area contributed by atoms with Crippen LogP contribution in [0.2, 0.25) is 10.0 Å². The van der Waals surface area contributed by atoms with E-state index in [2.05, 4.69) is 22.1 Å². The van der Waals surface area contributed by atoms with E-state index in [-0.39, 0.29) is 39.2 Å². The second kappa shape index (κ2) is 11.7. The molecular formula is C29H27Cl2F4N3O3. The van der Waals surface area contributed by atoms with Crippen molar-refractivity contribution < 1.29 is 31.8 Å². The van der Waals surface area contributed by atoms with Crippen molar-refractivity contribution in [1.82, 2.24) is 15.2 Å². The zero-order chi connectivity index (χ0) is 29.4. The van der Waals surface area contributed by atoms with Crippen LogP contribution >= 0.6 is 23.2 Å². The van der Waals surface area contributed by atoms with Gasteiger partial charge in [-0.2, -0.15) is 13.2 Å². The van der Waals surface area contributed by atoms with Gasteiger partial charge in [-0.3, -0.25) is 9.78 Å². The van der Waals surface area contributed by atoms with Crippen LogP contribution in [0.5, 0.6) is 11.5 Å². The van der Waals surface area contributed by atoms with E-state index < -0.39 is 23.3 Å². The number of amides is 1. The van der Waals surface area contributed by atoms with Gasteiger partial charge in [0, 0.05) is 42.5 Å². The average molecular weight is 612 g/mol. The molecule has 0 spiro atoms. The Labute approximate surface area is 244 Å². The van der Waals surface area contributed by atoms with Crippen LogP contribution in [0.3, 0.4) is 0 Å². The number of halogens is 6. The molecule has 2 aliphatic rings. The molecular weight excluding hydrogens is 585 g/mol. The van der Waals surface area contributed by atoms with Crippen LogP contribution in [0.15, 0.2) is 54.9 Å². The van der Waals surface area contributed by atoms with Crippen molar-refractivity contribution in [2.24, 2.45) is 5.92 Å². The quantitative estimate of drug-likeness (QED) is 0.289. The third-order valence-electron chi connectivity index (χ3n) is 7.66. The van der Waals surface area contributed by atoms with E-state index in [0.29, 0.717) is 50.2 Å². The molecule has 41 heavy (non-hydrogen) atoms. The molecule has 1 saturated heterocycles. The van der Waals surface area contributed by atoms with Crippen molar-refractivity contribution in [3.63, 3.8) is 0 Å². The number of nitrogens with one attached hydrogen (secondary N) is 1. The van der Waals surface area contributed by atoms with Gasteiger partial charge in [-0.1, -0.05) is 35.3 Å². The standard InChI is InChI=1S/C29H27Cl2F4N3O3/c1-17(8-11-37-27(39)26-22(30)15-36-16-23(26)31)38-12-9-19(10-13-38)28(18-2-4-20(5-3-18)29(33,34)35)40-24-7-6-21(32)14-25(24)41-28/h2-7,14-17,19H,8-13H2,1H3,(H,37,39). The van der Waals surface area contributed by atoms with Crippen LogP contribution in [0.4, 0.5) is 17.6 Å². The molecule has 0 bridgehead atoms. The monoisotopic (exact) mass is 611 g/mol. The van der Waals surface area contributed by atoms with E-state index in [1.807, 2.05) is 0 Å². The predicted molar refractivity (Wildman–Crippen MR) is 146 cm³/mol. The number of rotatable bonds is 7. The van der Waals surface area contributed by atoms with Crippen LogP contribution in [0, 0.1) is 11.7 Å². The first-order chi connectivity index (χ1) is 19.5. The Balaban J connectivity index is 1.25. The molecule has 2 aliphatic heterocycles. The summed E-state index contributed by atoms with van der Waals surface area (Å²) in [6, 6.07) is 8.81. The number of pyridine rings is 1. The number of nitrogens with zero attached hydrogens (tertiary/aromatic N) is 2. The van der Waals surface area contributed by atoms with Crippen molar-refractivity contribution in [1.29, 1.82) is 0 Å². The third-order valence-corrected chi connectivity index (χ3v) is 8.24. The fraction of sp³-hybridized carbons (Fsp3) is 0.379. The number of fused-ring (bicyclic) bond motifs is 1. The number of carbonyl (C=O) groups is 1. The van der Waals surface area contributed by atoms with E-state index in [0.717, 1.165) is 12.1 Å². The van der Waals surface area contributed by atoms with Crippen molar-refractivity contribution >= 4 is 29.1 Å². The van der Waals surface area contributed by atoms with Crippen LogP contribution < -0.4 is 14.8 Å². The molecule has 5 rings (SSSR count). The summed E-state index contributed by atoms with van der Waals surface area (Å²) in [7, 11) is 0. The fourth-order valence-corrected chi connectivity index (χ4v) is 5.96. The van der Waals surface area contributed by atoms with Gasteiger partial charge < -0.3 is 19.7 Å². The number of ether oxygens (including phenoxy) is 2. The number of alkyl halides is 3. The topological polar surface area (TPSA) is 63.7 Å². The average Bonchev–Trinajstić information content (AvgIpc) is 3.32. The van der Waals surface area contributed by atoms with E-state index in [1.165, 1.54) is 42.7 Å². The Hall–Kier alpha value is -3.08. The minimum Gasteiger partial charge on any atom is -0.444 e. The summed E-state index contributed by atoms with van der Waals surface area (Å²) in [5.74, 6) is -1.92. The summed E-state index contributed by atoms with van der Waals surface area (Å²) in [6.45, 7) is 3.80. The highest BCUT2D eigenvalue weighted by Crippen LogP contribution is 2.51. The van der Waals surface area contributed by atoms with Gasteiger partial charge >= 0.3 is 6.18 Å². The second-order valence-corrected chi connectivity index (χ2v) is 11.0. The number of piperidine rings is 1. The SMILES string of the molecule is CC(CCNC(=O)c1c(Cl)cncc1Cl)N1CCC(C2(c3ccc(C(F)(F)F)cc3)Oc3ccc(F)cc3O2)CC1. The molecule has 218 valence electrons. The van der Waals surface area contributed by atoms with E-state index >= 15 is 0 Å². The molecule has 2 atom stereocenters. The number of carbonyl (C=O) groups excluding carboxylic acids is 1. The minimum atomic E-state index is -4.48. The minimum absolute atomic E-state index is 0.123. The van der Waals surface area contributed by atoms with Gasteiger partial charge in [0.25, 0.3) is 11.7 Å². The zero-order valence-corrected chi connectivity index (χ0v) is 23.5. The third kappa shape index (κ3) is 6.10. The van der Waals surface area contributed by atoms with Gasteiger partial charge in [0.05, 0.1) is 21.2 Å². The molecule has 6 nitrogen and oxygen atoms in total. The largest absolute Gasteiger partial charge is 0.444 e. The van der Waals surface area contributed by atoms with Gasteiger partial charge in [-0.05, 0) is 63.5 Å². The molecule has 12 heteroatoms. The van der Waals surface area contributed by atoms with Gasteiger partial charge in [-0.15, -0.1) is 0 Å². The maximum atomic E-state index is 14.0. The van der Waals surface area contributed by atoms with E-state index in [9.17, 15) is 22.4 Å². The molecule has 0 aliphatic carbocycles. The van der Waals surface area contributed by atoms with Crippen molar-refractivity contribution in [3.05, 3.63) is 87.4 Å². The first kappa shape index (κ1) is 29.4. The maximum absolute atomic E-state index is 14.0. The normalized spacial score (nSPS) is 20.2. The molecule has 0 saturated carbocycles. The van der Waals surface area contributed by atoms with E-state index in [1.54, 1.807) is 0 Å². The number of benzene rings is 2. The Morgan fingerprint density at radius 2 is 1.71 bits per heavy atom. The Morgan fingerprint density at radius 1 is 1.07 bits per heavy atom. The molecule has 1 amide bonds. The Bertz CT molecular complexity index is 1400. The first-order valence-electron chi connectivity index (χ1n) is 13.1. The highest BCUT2D eigenvalue weighted by Gasteiger charge is 2.51. The van der Waals surface area contributed by atoms with Crippen LogP contribution in [0.25, 0.3) is 0 Å². The summed E-state index contributed by atoms with van der Waals surface area (Å²) < 4.78 is 66.2. The first-order valence-corrected chi connectivity index (χ1v) is 13.9. The summed E-state index contributed by atoms with van der Waals surface area (Å²) in [5.41, 5.74) is -0.158. The maximum Gasteiger partial charge on any atom is 0.416 e. The lowest BCUT2D eigenvalue weighted by Gasteiger charge is -2.42. The molecule has 3 heterocycles. The highest BCUT2D eigenvalue weighted by atomic mass is 35.5. The number of hydrogen-bond donors (Lipinski definition) is 1. The predicted octanol–water partition coefficient (Wildman–Crippen LogP) is 7.09. The number of hydrogen-bond acceptors (Lipinski definition) is 5. The van der Waals surface area contributed by atoms with Gasteiger partial charge in [0.2, 0.25) is 0 Å². The highest BCUT2D eigenvalue weighted by molar-refractivity contribution is 6.39. The molecule has 1 aromatic heterocycles. The lowest BCUT2D eigenvalue weighted by atomic mass is 9.83. The fourth-order valence-electron chi connectivity index (χ4n) is 5.42. The smallest absolute Gasteiger partial charge is 0.416 e. The summed E-state index contributed by atoms with van der Waals surface area (Å²) in [4.78, 5) is 18.7. The molecule has 2 aromatic carbocycles. The van der Waals surface area contributed by atoms with Crippen LogP contribution in [-0.4, -0.2) is 41.5 Å². The molecule has 1 fully saturated rings. The van der Waals surface area contributed by atoms with Gasteiger partial charge in [0.15, 0.2) is 11.5 Å². The lowest BCUT2D eigenvalue weighted by molar-refractivity contribution is -0.150. The number of aromatic nitrogens is 1. The van der Waals surface area contributed by atoms with Crippen LogP contribution in [0.1, 0.15) is 47.7 Å². The van der Waals surface area contributed by atoms with Crippen molar-refractivity contribution in [3.8, 4) is 11.5 Å². The Kier molecular flexibility index (Phi) is 8.36. The van der Waals surface area contributed by atoms with Crippen molar-refractivity contribution in [2.75, 3.05) is 19.6 Å². The molecule has 3 aromatic rings. The van der Waals surface area contributed by atoms with Gasteiger partial charge in [-0.25, -0.2) is 4.39 Å². The lowest BCUT2D eigenvalue weighted by Crippen LogP contribution is -2.50. The summed E-state index contributed by atoms with van der Waals surface area (Å²) >= 11 is 12.1.